The molecule has 7 nitrogen and oxygen atoms in total. The standard InChI is InChI=1S/C27H27N5O2/c33-25(20-31-18-16-30(17-19-31)15-7-10-21-8-2-1-3-9-21)32-24-13-5-4-11-22(24)27(34)29-23-12-6-14-28-26(23)32/h1-14H,15-20H2,(H,29,34)/b10-7+. The number of hydrogen-bond acceptors (Lipinski definition) is 5. The van der Waals surface area contributed by atoms with Crippen molar-refractivity contribution < 1.29 is 9.59 Å². The molecule has 34 heavy (non-hydrogen) atoms. The molecule has 1 aromatic heterocycles. The third-order valence-electron chi connectivity index (χ3n) is 6.18. The van der Waals surface area contributed by atoms with Gasteiger partial charge in [-0.15, -0.1) is 0 Å². The van der Waals surface area contributed by atoms with Gasteiger partial charge in [-0.3, -0.25) is 24.3 Å². The van der Waals surface area contributed by atoms with Gasteiger partial charge in [-0.05, 0) is 29.8 Å². The van der Waals surface area contributed by atoms with Gasteiger partial charge in [0, 0.05) is 38.9 Å². The molecule has 0 radical (unpaired) electrons. The number of pyridine rings is 1. The second kappa shape index (κ2) is 9.99. The monoisotopic (exact) mass is 453 g/mol. The summed E-state index contributed by atoms with van der Waals surface area (Å²) in [7, 11) is 0. The second-order valence-electron chi connectivity index (χ2n) is 8.46. The zero-order valence-electron chi connectivity index (χ0n) is 18.9. The van der Waals surface area contributed by atoms with Crippen LogP contribution in [0.1, 0.15) is 15.9 Å². The number of piperazine rings is 1. The Morgan fingerprint density at radius 3 is 2.47 bits per heavy atom. The normalized spacial score (nSPS) is 16.6. The maximum Gasteiger partial charge on any atom is 0.257 e. The fourth-order valence-corrected chi connectivity index (χ4v) is 4.38. The summed E-state index contributed by atoms with van der Waals surface area (Å²) >= 11 is 0. The molecule has 0 atom stereocenters. The van der Waals surface area contributed by atoms with Gasteiger partial charge < -0.3 is 5.32 Å². The fraction of sp³-hybridized carbons (Fsp3) is 0.222. The average molecular weight is 454 g/mol. The first-order chi connectivity index (χ1) is 16.7. The Labute approximate surface area is 199 Å². The number of rotatable bonds is 5. The van der Waals surface area contributed by atoms with Crippen LogP contribution in [0, 0.1) is 0 Å². The van der Waals surface area contributed by atoms with E-state index in [1.165, 1.54) is 5.56 Å². The van der Waals surface area contributed by atoms with Gasteiger partial charge in [-0.25, -0.2) is 4.98 Å². The summed E-state index contributed by atoms with van der Waals surface area (Å²) in [5.41, 5.74) is 2.76. The number of amides is 2. The Morgan fingerprint density at radius 2 is 1.65 bits per heavy atom. The molecule has 0 unspecified atom stereocenters. The van der Waals surface area contributed by atoms with E-state index in [2.05, 4.69) is 44.4 Å². The van der Waals surface area contributed by atoms with Gasteiger partial charge >= 0.3 is 0 Å². The van der Waals surface area contributed by atoms with Crippen molar-refractivity contribution >= 4 is 35.1 Å². The van der Waals surface area contributed by atoms with Gasteiger partial charge in [-0.1, -0.05) is 54.6 Å². The molecule has 2 aromatic carbocycles. The average Bonchev–Trinajstić information content (AvgIpc) is 2.99. The highest BCUT2D eigenvalue weighted by Gasteiger charge is 2.31. The van der Waals surface area contributed by atoms with E-state index in [1.807, 2.05) is 24.3 Å². The summed E-state index contributed by atoms with van der Waals surface area (Å²) < 4.78 is 0. The van der Waals surface area contributed by atoms with E-state index >= 15 is 0 Å². The van der Waals surface area contributed by atoms with Gasteiger partial charge in [0.05, 0.1) is 23.5 Å². The zero-order valence-corrected chi connectivity index (χ0v) is 18.9. The zero-order chi connectivity index (χ0) is 23.3. The van der Waals surface area contributed by atoms with Crippen LogP contribution < -0.4 is 10.2 Å². The van der Waals surface area contributed by atoms with Gasteiger partial charge in [0.1, 0.15) is 0 Å². The molecule has 1 N–H and O–H groups in total. The van der Waals surface area contributed by atoms with E-state index in [0.717, 1.165) is 32.7 Å². The minimum Gasteiger partial charge on any atom is -0.319 e. The summed E-state index contributed by atoms with van der Waals surface area (Å²) in [5.74, 6) is 0.120. The Balaban J connectivity index is 1.25. The lowest BCUT2D eigenvalue weighted by Gasteiger charge is -2.34. The van der Waals surface area contributed by atoms with E-state index in [0.29, 0.717) is 22.8 Å². The molecule has 0 aliphatic carbocycles. The Hall–Kier alpha value is -3.81. The first-order valence-electron chi connectivity index (χ1n) is 11.5. The van der Waals surface area contributed by atoms with Crippen molar-refractivity contribution in [3.05, 3.63) is 90.1 Å². The van der Waals surface area contributed by atoms with Gasteiger partial charge in [0.2, 0.25) is 5.91 Å². The Bertz CT molecular complexity index is 1200. The van der Waals surface area contributed by atoms with Crippen molar-refractivity contribution in [3.8, 4) is 0 Å². The fourth-order valence-electron chi connectivity index (χ4n) is 4.38. The summed E-state index contributed by atoms with van der Waals surface area (Å²) in [6.45, 7) is 4.59. The van der Waals surface area contributed by atoms with E-state index < -0.39 is 0 Å². The molecular formula is C27H27N5O2. The molecule has 0 saturated carbocycles. The van der Waals surface area contributed by atoms with Crippen molar-refractivity contribution in [1.29, 1.82) is 0 Å². The van der Waals surface area contributed by atoms with Crippen LogP contribution in [-0.4, -0.2) is 65.9 Å². The van der Waals surface area contributed by atoms with E-state index in [4.69, 9.17) is 0 Å². The number of aromatic nitrogens is 1. The molecule has 2 amide bonds. The number of carbonyl (C=O) groups is 2. The summed E-state index contributed by atoms with van der Waals surface area (Å²) in [6, 6.07) is 21.0. The molecule has 172 valence electrons. The van der Waals surface area contributed by atoms with Gasteiger partial charge in [0.25, 0.3) is 5.91 Å². The third kappa shape index (κ3) is 4.76. The number of hydrogen-bond donors (Lipinski definition) is 1. The van der Waals surface area contributed by atoms with Crippen molar-refractivity contribution in [3.63, 3.8) is 0 Å². The molecule has 3 heterocycles. The summed E-state index contributed by atoms with van der Waals surface area (Å²) in [6.07, 6.45) is 5.98. The van der Waals surface area contributed by atoms with Crippen LogP contribution in [0.4, 0.5) is 17.2 Å². The Kier molecular flexibility index (Phi) is 6.46. The minimum absolute atomic E-state index is 0.0960. The topological polar surface area (TPSA) is 68.8 Å². The highest BCUT2D eigenvalue weighted by molar-refractivity contribution is 6.17. The van der Waals surface area contributed by atoms with Crippen molar-refractivity contribution in [1.82, 2.24) is 14.8 Å². The molecule has 3 aromatic rings. The van der Waals surface area contributed by atoms with Crippen LogP contribution in [-0.2, 0) is 4.79 Å². The van der Waals surface area contributed by atoms with Gasteiger partial charge in [-0.2, -0.15) is 0 Å². The first-order valence-corrected chi connectivity index (χ1v) is 11.5. The SMILES string of the molecule is O=C1Nc2cccnc2N(C(=O)CN2CCN(C/C=C/c3ccccc3)CC2)c2ccccc21. The summed E-state index contributed by atoms with van der Waals surface area (Å²) in [5, 5.41) is 2.88. The number of nitrogens with zero attached hydrogens (tertiary/aromatic N) is 4. The summed E-state index contributed by atoms with van der Waals surface area (Å²) in [4.78, 5) is 36.9. The molecule has 1 fully saturated rings. The first kappa shape index (κ1) is 22.0. The van der Waals surface area contributed by atoms with Crippen molar-refractivity contribution in [2.75, 3.05) is 49.5 Å². The number of anilines is 3. The van der Waals surface area contributed by atoms with Crippen LogP contribution in [0.15, 0.2) is 79.0 Å². The molecule has 7 heteroatoms. The molecule has 2 aliphatic rings. The van der Waals surface area contributed by atoms with E-state index in [-0.39, 0.29) is 18.4 Å². The van der Waals surface area contributed by atoms with Crippen LogP contribution in [0.25, 0.3) is 6.08 Å². The van der Waals surface area contributed by atoms with Crippen molar-refractivity contribution in [2.24, 2.45) is 0 Å². The highest BCUT2D eigenvalue weighted by atomic mass is 16.2. The lowest BCUT2D eigenvalue weighted by atomic mass is 10.1. The third-order valence-corrected chi connectivity index (χ3v) is 6.18. The van der Waals surface area contributed by atoms with E-state index in [1.54, 1.807) is 41.4 Å². The second-order valence-corrected chi connectivity index (χ2v) is 8.46. The number of para-hydroxylation sites is 1. The largest absolute Gasteiger partial charge is 0.319 e. The number of benzene rings is 2. The van der Waals surface area contributed by atoms with E-state index in [9.17, 15) is 9.59 Å². The number of carbonyl (C=O) groups excluding carboxylic acids is 2. The van der Waals surface area contributed by atoms with Crippen LogP contribution in [0.2, 0.25) is 0 Å². The molecular weight excluding hydrogens is 426 g/mol. The smallest absolute Gasteiger partial charge is 0.257 e. The molecule has 5 rings (SSSR count). The molecule has 0 bridgehead atoms. The minimum atomic E-state index is -0.239. The van der Waals surface area contributed by atoms with Crippen LogP contribution in [0.3, 0.4) is 0 Å². The van der Waals surface area contributed by atoms with Crippen molar-refractivity contribution in [2.45, 2.75) is 0 Å². The quantitative estimate of drug-likeness (QED) is 0.639. The number of nitrogens with one attached hydrogen (secondary N) is 1. The van der Waals surface area contributed by atoms with Crippen LogP contribution in [0.5, 0.6) is 0 Å². The maximum absolute atomic E-state index is 13.5. The molecule has 1 saturated heterocycles. The lowest BCUT2D eigenvalue weighted by molar-refractivity contribution is -0.119. The predicted molar refractivity (Wildman–Crippen MR) is 134 cm³/mol. The molecule has 0 spiro atoms. The maximum atomic E-state index is 13.5. The van der Waals surface area contributed by atoms with Gasteiger partial charge in [0.15, 0.2) is 5.82 Å². The van der Waals surface area contributed by atoms with Crippen LogP contribution >= 0.6 is 0 Å². The lowest BCUT2D eigenvalue weighted by Crippen LogP contribution is -2.49. The predicted octanol–water partition coefficient (Wildman–Crippen LogP) is 3.64. The number of fused-ring (bicyclic) bond motifs is 2. The molecule has 2 aliphatic heterocycles. The Morgan fingerprint density at radius 1 is 0.912 bits per heavy atom. The highest BCUT2D eigenvalue weighted by Crippen LogP contribution is 2.36.